The van der Waals surface area contributed by atoms with Crippen LogP contribution in [0.15, 0.2) is 53.6 Å². The number of Topliss-reactive ketones (excluding diaryl/α,β-unsaturated/α-hetero) is 1. The summed E-state index contributed by atoms with van der Waals surface area (Å²) in [7, 11) is 0. The second-order valence-corrected chi connectivity index (χ2v) is 9.84. The average molecular weight is 460 g/mol. The normalized spacial score (nSPS) is 25.2. The van der Waals surface area contributed by atoms with Gasteiger partial charge in [-0.1, -0.05) is 24.3 Å². The fourth-order valence-electron chi connectivity index (χ4n) is 5.10. The van der Waals surface area contributed by atoms with Crippen LogP contribution in [-0.2, 0) is 19.1 Å². The first-order chi connectivity index (χ1) is 16.1. The molecule has 3 heterocycles. The third-order valence-electron chi connectivity index (χ3n) is 6.47. The van der Waals surface area contributed by atoms with Crippen molar-refractivity contribution < 1.29 is 23.9 Å². The summed E-state index contributed by atoms with van der Waals surface area (Å²) in [5, 5.41) is 6.06. The number of nitrogens with zero attached hydrogens (tertiary/aromatic N) is 3. The van der Waals surface area contributed by atoms with Gasteiger partial charge in [-0.3, -0.25) is 19.4 Å². The molecule has 0 unspecified atom stereocenters. The summed E-state index contributed by atoms with van der Waals surface area (Å²) in [5.74, 6) is -3.29. The number of anilines is 1. The molecule has 34 heavy (non-hydrogen) atoms. The van der Waals surface area contributed by atoms with Crippen LogP contribution >= 0.6 is 0 Å². The molecule has 0 bridgehead atoms. The van der Waals surface area contributed by atoms with Gasteiger partial charge in [-0.2, -0.15) is 5.10 Å². The van der Waals surface area contributed by atoms with Gasteiger partial charge in [0.25, 0.3) is 0 Å². The smallest absolute Gasteiger partial charge is 0.331 e. The van der Waals surface area contributed by atoms with Crippen LogP contribution in [0.3, 0.4) is 0 Å². The van der Waals surface area contributed by atoms with E-state index in [1.54, 1.807) is 56.3 Å². The minimum Gasteiger partial charge on any atom is -0.458 e. The summed E-state index contributed by atoms with van der Waals surface area (Å²) in [6.07, 6.45) is 1.65. The molecule has 2 aromatic rings. The summed E-state index contributed by atoms with van der Waals surface area (Å²) in [6.45, 7) is 6.73. The van der Waals surface area contributed by atoms with E-state index < -0.39 is 47.3 Å². The molecular weight excluding hydrogens is 434 g/mol. The molecule has 2 fully saturated rings. The van der Waals surface area contributed by atoms with Crippen molar-refractivity contribution in [3.05, 3.63) is 65.2 Å². The number of ether oxygens (including phenoxy) is 1. The van der Waals surface area contributed by atoms with Gasteiger partial charge in [0.05, 0.1) is 29.8 Å². The molecule has 8 nitrogen and oxygen atoms in total. The molecule has 174 valence electrons. The largest absolute Gasteiger partial charge is 0.458 e. The molecule has 2 amide bonds. The van der Waals surface area contributed by atoms with Crippen LogP contribution in [0.25, 0.3) is 0 Å². The molecule has 0 N–H and O–H groups in total. The molecule has 3 aliphatic rings. The minimum atomic E-state index is -1.03. The number of ketones is 1. The van der Waals surface area contributed by atoms with Gasteiger partial charge >= 0.3 is 5.97 Å². The zero-order valence-corrected chi connectivity index (χ0v) is 19.4. The SMILES string of the molecule is CC(=O)c1ccc(N2C(=O)[C@@H]3[C@H](C2=O)[C@H](C(=O)OC(C)(C)C)N2N=Cc4ccccc4[C@H]32)cc1. The van der Waals surface area contributed by atoms with Gasteiger partial charge < -0.3 is 4.74 Å². The van der Waals surface area contributed by atoms with Gasteiger partial charge in [-0.25, -0.2) is 9.69 Å². The second-order valence-electron chi connectivity index (χ2n) is 9.84. The van der Waals surface area contributed by atoms with Crippen molar-refractivity contribution in [2.75, 3.05) is 4.90 Å². The van der Waals surface area contributed by atoms with Gasteiger partial charge in [-0.05, 0) is 63.1 Å². The highest BCUT2D eigenvalue weighted by Gasteiger charge is 2.66. The molecule has 0 radical (unpaired) electrons. The predicted octanol–water partition coefficient (Wildman–Crippen LogP) is 3.11. The number of hydrogen-bond donors (Lipinski definition) is 0. The van der Waals surface area contributed by atoms with E-state index in [0.717, 1.165) is 16.0 Å². The Bertz CT molecular complexity index is 1240. The van der Waals surface area contributed by atoms with Crippen LogP contribution in [0.1, 0.15) is 55.2 Å². The molecule has 5 rings (SSSR count). The molecule has 2 saturated heterocycles. The summed E-state index contributed by atoms with van der Waals surface area (Å²) in [5.41, 5.74) is 1.77. The van der Waals surface area contributed by atoms with E-state index >= 15 is 0 Å². The summed E-state index contributed by atoms with van der Waals surface area (Å²) >= 11 is 0. The van der Waals surface area contributed by atoms with Crippen LogP contribution in [0, 0.1) is 11.8 Å². The van der Waals surface area contributed by atoms with Gasteiger partial charge in [-0.15, -0.1) is 0 Å². The van der Waals surface area contributed by atoms with Crippen molar-refractivity contribution in [3.63, 3.8) is 0 Å². The number of hydrazone groups is 1. The van der Waals surface area contributed by atoms with Crippen molar-refractivity contribution in [2.24, 2.45) is 16.9 Å². The number of benzene rings is 2. The fraction of sp³-hybridized carbons (Fsp3) is 0.346. The van der Waals surface area contributed by atoms with E-state index in [1.807, 2.05) is 24.3 Å². The lowest BCUT2D eigenvalue weighted by atomic mass is 9.85. The highest BCUT2D eigenvalue weighted by Crippen LogP contribution is 2.52. The lowest BCUT2D eigenvalue weighted by Gasteiger charge is -2.34. The number of hydrogen-bond acceptors (Lipinski definition) is 7. The predicted molar refractivity (Wildman–Crippen MR) is 124 cm³/mol. The van der Waals surface area contributed by atoms with Gasteiger partial charge in [0.2, 0.25) is 11.8 Å². The highest BCUT2D eigenvalue weighted by atomic mass is 16.6. The molecule has 0 aliphatic carbocycles. The Hall–Kier alpha value is -3.81. The Kier molecular flexibility index (Phi) is 4.93. The van der Waals surface area contributed by atoms with Gasteiger partial charge in [0.1, 0.15) is 5.60 Å². The minimum absolute atomic E-state index is 0.111. The number of imide groups is 1. The number of amides is 2. The Morgan fingerprint density at radius 3 is 2.24 bits per heavy atom. The fourth-order valence-corrected chi connectivity index (χ4v) is 5.10. The molecule has 3 aliphatic heterocycles. The maximum absolute atomic E-state index is 13.7. The van der Waals surface area contributed by atoms with E-state index in [1.165, 1.54) is 6.92 Å². The Morgan fingerprint density at radius 1 is 0.941 bits per heavy atom. The quantitative estimate of drug-likeness (QED) is 0.398. The molecule has 2 aromatic carbocycles. The van der Waals surface area contributed by atoms with Crippen LogP contribution < -0.4 is 4.90 Å². The molecular formula is C26H25N3O5. The van der Waals surface area contributed by atoms with Crippen LogP contribution in [-0.4, -0.2) is 46.4 Å². The first kappa shape index (κ1) is 22.0. The van der Waals surface area contributed by atoms with Crippen molar-refractivity contribution >= 4 is 35.5 Å². The maximum atomic E-state index is 13.7. The first-order valence-electron chi connectivity index (χ1n) is 11.2. The topological polar surface area (TPSA) is 96.4 Å². The summed E-state index contributed by atoms with van der Waals surface area (Å²) < 4.78 is 5.66. The molecule has 8 heteroatoms. The van der Waals surface area contributed by atoms with Gasteiger partial charge in [0.15, 0.2) is 11.8 Å². The van der Waals surface area contributed by atoms with Crippen LogP contribution in [0.2, 0.25) is 0 Å². The Balaban J connectivity index is 1.60. The van der Waals surface area contributed by atoms with Crippen molar-refractivity contribution in [3.8, 4) is 0 Å². The van der Waals surface area contributed by atoms with Crippen molar-refractivity contribution in [1.29, 1.82) is 0 Å². The summed E-state index contributed by atoms with van der Waals surface area (Å²) in [4.78, 5) is 53.6. The molecule has 4 atom stereocenters. The first-order valence-corrected chi connectivity index (χ1v) is 11.2. The third kappa shape index (κ3) is 3.32. The number of carbonyl (C=O) groups is 4. The zero-order valence-electron chi connectivity index (χ0n) is 19.4. The molecule has 0 spiro atoms. The molecule has 0 aromatic heterocycles. The number of esters is 1. The second kappa shape index (κ2) is 7.62. The van der Waals surface area contributed by atoms with E-state index in [0.29, 0.717) is 11.3 Å². The monoisotopic (exact) mass is 459 g/mol. The number of rotatable bonds is 3. The van der Waals surface area contributed by atoms with E-state index in [2.05, 4.69) is 5.10 Å². The van der Waals surface area contributed by atoms with Crippen LogP contribution in [0.5, 0.6) is 0 Å². The highest BCUT2D eigenvalue weighted by molar-refractivity contribution is 6.24. The van der Waals surface area contributed by atoms with E-state index in [9.17, 15) is 19.2 Å². The molecule has 0 saturated carbocycles. The van der Waals surface area contributed by atoms with E-state index in [4.69, 9.17) is 4.74 Å². The van der Waals surface area contributed by atoms with Crippen molar-refractivity contribution in [2.45, 2.75) is 45.4 Å². The third-order valence-corrected chi connectivity index (χ3v) is 6.47. The Labute approximate surface area is 197 Å². The standard InChI is InChI=1S/C26H25N3O5/c1-14(30)15-9-11-17(12-10-15)28-23(31)19-20(24(28)32)22(25(33)34-26(2,3)4)29-21(19)18-8-6-5-7-16(18)13-27-29/h5-13,19-22H,1-4H3/t19-,20+,21-,22-/m1/s1. The maximum Gasteiger partial charge on any atom is 0.331 e. The summed E-state index contributed by atoms with van der Waals surface area (Å²) in [6, 6.07) is 12.3. The lowest BCUT2D eigenvalue weighted by Crippen LogP contribution is -2.46. The van der Waals surface area contributed by atoms with E-state index in [-0.39, 0.29) is 5.78 Å². The van der Waals surface area contributed by atoms with Gasteiger partial charge in [0, 0.05) is 5.56 Å². The lowest BCUT2D eigenvalue weighted by molar-refractivity contribution is -0.163. The van der Waals surface area contributed by atoms with Crippen molar-refractivity contribution in [1.82, 2.24) is 5.01 Å². The number of fused-ring (bicyclic) bond motifs is 5. The zero-order chi connectivity index (χ0) is 24.4. The Morgan fingerprint density at radius 2 is 1.59 bits per heavy atom. The van der Waals surface area contributed by atoms with Crippen LogP contribution in [0.4, 0.5) is 5.69 Å². The average Bonchev–Trinajstić information content (AvgIpc) is 3.25. The number of carbonyl (C=O) groups excluding carboxylic acids is 4.